The molecular formula is C12H10N2O5. The summed E-state index contributed by atoms with van der Waals surface area (Å²) in [7, 11) is 1.48. The molecule has 1 aromatic carbocycles. The van der Waals surface area contributed by atoms with Crippen molar-refractivity contribution in [1.82, 2.24) is 9.97 Å². The van der Waals surface area contributed by atoms with Gasteiger partial charge < -0.3 is 14.8 Å². The van der Waals surface area contributed by atoms with Crippen molar-refractivity contribution >= 4 is 5.78 Å². The van der Waals surface area contributed by atoms with Crippen LogP contribution in [-0.2, 0) is 0 Å². The zero-order chi connectivity index (χ0) is 14.0. The molecule has 7 heteroatoms. The van der Waals surface area contributed by atoms with Crippen molar-refractivity contribution in [3.63, 3.8) is 0 Å². The summed E-state index contributed by atoms with van der Waals surface area (Å²) in [5.74, 6) is -0.927. The van der Waals surface area contributed by atoms with E-state index in [-0.39, 0.29) is 5.56 Å². The van der Waals surface area contributed by atoms with Gasteiger partial charge in [-0.3, -0.25) is 14.6 Å². The van der Waals surface area contributed by atoms with Crippen molar-refractivity contribution in [3.05, 3.63) is 56.4 Å². The van der Waals surface area contributed by atoms with Crippen LogP contribution in [0, 0.1) is 0 Å². The maximum absolute atomic E-state index is 12.0. The molecule has 0 unspecified atom stereocenters. The third kappa shape index (κ3) is 2.39. The minimum absolute atomic E-state index is 0.206. The number of hydrogen-bond donors (Lipinski definition) is 3. The standard InChI is InChI=1S/C12H10N2O5/c1-19-7-4-2-6(3-5-7)9(15)8-10(16)11(17)14-12(18)13-8/h2-5,16H,1H3,(H2,13,14,17,18). The molecule has 1 heterocycles. The average molecular weight is 262 g/mol. The van der Waals surface area contributed by atoms with Gasteiger partial charge in [0.05, 0.1) is 7.11 Å². The number of hydrogen-bond acceptors (Lipinski definition) is 5. The number of aromatic amines is 2. The summed E-state index contributed by atoms with van der Waals surface area (Å²) >= 11 is 0. The Morgan fingerprint density at radius 2 is 1.79 bits per heavy atom. The number of nitrogens with one attached hydrogen (secondary N) is 2. The van der Waals surface area contributed by atoms with Gasteiger partial charge in [0.25, 0.3) is 5.56 Å². The Morgan fingerprint density at radius 3 is 2.37 bits per heavy atom. The smallest absolute Gasteiger partial charge is 0.326 e. The Labute approximate surface area is 106 Å². The molecule has 0 fully saturated rings. The topological polar surface area (TPSA) is 112 Å². The summed E-state index contributed by atoms with van der Waals surface area (Å²) in [6.45, 7) is 0. The van der Waals surface area contributed by atoms with Crippen LogP contribution < -0.4 is 16.0 Å². The molecule has 0 spiro atoms. The first-order chi connectivity index (χ1) is 9.02. The van der Waals surface area contributed by atoms with E-state index in [2.05, 4.69) is 4.98 Å². The van der Waals surface area contributed by atoms with Crippen molar-refractivity contribution in [2.24, 2.45) is 0 Å². The number of methoxy groups -OCH3 is 1. The lowest BCUT2D eigenvalue weighted by Crippen LogP contribution is -2.25. The Hall–Kier alpha value is -2.83. The lowest BCUT2D eigenvalue weighted by Gasteiger charge is -2.04. The minimum atomic E-state index is -1.01. The number of carbonyl (C=O) groups excluding carboxylic acids is 1. The van der Waals surface area contributed by atoms with Gasteiger partial charge in [-0.2, -0.15) is 0 Å². The number of aromatic nitrogens is 2. The summed E-state index contributed by atoms with van der Waals surface area (Å²) < 4.78 is 4.94. The predicted octanol–water partition coefficient (Wildman–Crippen LogP) is 0.00840. The van der Waals surface area contributed by atoms with Gasteiger partial charge in [-0.1, -0.05) is 0 Å². The number of aromatic hydroxyl groups is 1. The van der Waals surface area contributed by atoms with Crippen LogP contribution in [0.3, 0.4) is 0 Å². The van der Waals surface area contributed by atoms with E-state index >= 15 is 0 Å². The number of ether oxygens (including phenoxy) is 1. The fraction of sp³-hybridized carbons (Fsp3) is 0.0833. The number of carbonyl (C=O) groups is 1. The summed E-state index contributed by atoms with van der Waals surface area (Å²) in [6, 6.07) is 6.02. The van der Waals surface area contributed by atoms with Crippen LogP contribution in [0.2, 0.25) is 0 Å². The second kappa shape index (κ2) is 4.81. The summed E-state index contributed by atoms with van der Waals surface area (Å²) in [5.41, 5.74) is -2.11. The summed E-state index contributed by atoms with van der Waals surface area (Å²) in [5, 5.41) is 9.50. The van der Waals surface area contributed by atoms with Gasteiger partial charge in [0, 0.05) is 5.56 Å². The largest absolute Gasteiger partial charge is 0.501 e. The van der Waals surface area contributed by atoms with Crippen LogP contribution in [0.1, 0.15) is 16.1 Å². The minimum Gasteiger partial charge on any atom is -0.501 e. The van der Waals surface area contributed by atoms with Gasteiger partial charge in [0.1, 0.15) is 11.4 Å². The number of rotatable bonds is 3. The van der Waals surface area contributed by atoms with E-state index in [9.17, 15) is 19.5 Å². The van der Waals surface area contributed by atoms with Crippen LogP contribution >= 0.6 is 0 Å². The van der Waals surface area contributed by atoms with Crippen LogP contribution in [0.4, 0.5) is 0 Å². The third-order valence-electron chi connectivity index (χ3n) is 2.50. The van der Waals surface area contributed by atoms with Crippen molar-refractivity contribution < 1.29 is 14.6 Å². The van der Waals surface area contributed by atoms with Crippen LogP contribution in [0.5, 0.6) is 11.5 Å². The van der Waals surface area contributed by atoms with Crippen molar-refractivity contribution in [1.29, 1.82) is 0 Å². The Morgan fingerprint density at radius 1 is 1.16 bits per heavy atom. The Balaban J connectivity index is 2.49. The van der Waals surface area contributed by atoms with Gasteiger partial charge >= 0.3 is 5.69 Å². The van der Waals surface area contributed by atoms with Crippen molar-refractivity contribution in [3.8, 4) is 11.5 Å². The maximum atomic E-state index is 12.0. The van der Waals surface area contributed by atoms with Gasteiger partial charge in [0.2, 0.25) is 11.5 Å². The van der Waals surface area contributed by atoms with Crippen LogP contribution in [-0.4, -0.2) is 28.0 Å². The first kappa shape index (κ1) is 12.6. The SMILES string of the molecule is COc1ccc(C(=O)c2[nH]c(=O)[nH]c(=O)c2O)cc1. The summed E-state index contributed by atoms with van der Waals surface area (Å²) in [4.78, 5) is 38.3. The molecule has 0 atom stereocenters. The van der Waals surface area contributed by atoms with E-state index in [4.69, 9.17) is 4.74 Å². The molecule has 2 aromatic rings. The fourth-order valence-electron chi connectivity index (χ4n) is 1.53. The molecular weight excluding hydrogens is 252 g/mol. The third-order valence-corrected chi connectivity index (χ3v) is 2.50. The Kier molecular flexibility index (Phi) is 3.19. The number of ketones is 1. The quantitative estimate of drug-likeness (QED) is 0.674. The second-order valence-electron chi connectivity index (χ2n) is 3.69. The average Bonchev–Trinajstić information content (AvgIpc) is 2.42. The highest BCUT2D eigenvalue weighted by Gasteiger charge is 2.17. The van der Waals surface area contributed by atoms with Crippen LogP contribution in [0.25, 0.3) is 0 Å². The molecule has 98 valence electrons. The molecule has 0 bridgehead atoms. The molecule has 2 rings (SSSR count). The van der Waals surface area contributed by atoms with E-state index < -0.39 is 28.5 Å². The van der Waals surface area contributed by atoms with Crippen molar-refractivity contribution in [2.45, 2.75) is 0 Å². The zero-order valence-corrected chi connectivity index (χ0v) is 9.89. The van der Waals surface area contributed by atoms with E-state index in [0.29, 0.717) is 5.75 Å². The maximum Gasteiger partial charge on any atom is 0.326 e. The highest BCUT2D eigenvalue weighted by molar-refractivity contribution is 6.09. The normalized spacial score (nSPS) is 10.2. The molecule has 0 saturated heterocycles. The van der Waals surface area contributed by atoms with E-state index in [1.165, 1.54) is 19.2 Å². The van der Waals surface area contributed by atoms with Crippen molar-refractivity contribution in [2.75, 3.05) is 7.11 Å². The molecule has 0 aliphatic rings. The molecule has 0 aliphatic heterocycles. The first-order valence-corrected chi connectivity index (χ1v) is 5.27. The number of benzene rings is 1. The molecule has 1 aromatic heterocycles. The molecule has 7 nitrogen and oxygen atoms in total. The fourth-order valence-corrected chi connectivity index (χ4v) is 1.53. The monoisotopic (exact) mass is 262 g/mol. The first-order valence-electron chi connectivity index (χ1n) is 5.27. The summed E-state index contributed by atoms with van der Waals surface area (Å²) in [6.07, 6.45) is 0. The zero-order valence-electron chi connectivity index (χ0n) is 9.89. The predicted molar refractivity (Wildman–Crippen MR) is 65.8 cm³/mol. The highest BCUT2D eigenvalue weighted by Crippen LogP contribution is 2.16. The molecule has 3 N–H and O–H groups in total. The molecule has 0 amide bonds. The highest BCUT2D eigenvalue weighted by atomic mass is 16.5. The van der Waals surface area contributed by atoms with Crippen LogP contribution in [0.15, 0.2) is 33.9 Å². The lowest BCUT2D eigenvalue weighted by molar-refractivity contribution is 0.103. The van der Waals surface area contributed by atoms with E-state index in [1.807, 2.05) is 4.98 Å². The molecule has 0 saturated carbocycles. The van der Waals surface area contributed by atoms with Gasteiger partial charge in [-0.15, -0.1) is 0 Å². The van der Waals surface area contributed by atoms with Gasteiger partial charge in [-0.05, 0) is 24.3 Å². The van der Waals surface area contributed by atoms with E-state index in [0.717, 1.165) is 0 Å². The Bertz CT molecular complexity index is 727. The molecule has 19 heavy (non-hydrogen) atoms. The second-order valence-corrected chi connectivity index (χ2v) is 3.69. The number of H-pyrrole nitrogens is 2. The molecule has 0 radical (unpaired) electrons. The van der Waals surface area contributed by atoms with Gasteiger partial charge in [-0.25, -0.2) is 4.79 Å². The van der Waals surface area contributed by atoms with E-state index in [1.54, 1.807) is 12.1 Å². The van der Waals surface area contributed by atoms with Gasteiger partial charge in [0.15, 0.2) is 0 Å². The lowest BCUT2D eigenvalue weighted by atomic mass is 10.1. The molecule has 0 aliphatic carbocycles.